The van der Waals surface area contributed by atoms with Gasteiger partial charge >= 0.3 is 0 Å². The Hall–Kier alpha value is -1.29. The van der Waals surface area contributed by atoms with Gasteiger partial charge in [0.15, 0.2) is 0 Å². The second kappa shape index (κ2) is 6.24. The Kier molecular flexibility index (Phi) is 4.90. The van der Waals surface area contributed by atoms with Crippen LogP contribution in [0.1, 0.15) is 19.8 Å². The van der Waals surface area contributed by atoms with Crippen LogP contribution in [0.2, 0.25) is 0 Å². The molecule has 1 aromatic rings. The third kappa shape index (κ3) is 4.16. The minimum atomic E-state index is 0.118. The molecule has 0 aromatic carbocycles. The van der Waals surface area contributed by atoms with Crippen molar-refractivity contribution >= 4 is 5.69 Å². The normalized spacial score (nSPS) is 12.4. The summed E-state index contributed by atoms with van der Waals surface area (Å²) in [5.74, 6) is 0. The average Bonchev–Trinajstić information content (AvgIpc) is 2.63. The molecule has 4 heteroatoms. The molecular formula is C11H19N3O. The van der Waals surface area contributed by atoms with Gasteiger partial charge in [-0.3, -0.25) is 4.68 Å². The maximum absolute atomic E-state index is 8.73. The van der Waals surface area contributed by atoms with E-state index in [9.17, 15) is 0 Å². The predicted octanol–water partition coefficient (Wildman–Crippen LogP) is 1.64. The number of anilines is 1. The molecular weight excluding hydrogens is 190 g/mol. The molecule has 0 radical (unpaired) electrons. The standard InChI is InChI=1S/C11H19N3O/c1-3-4-5-10(2)13-11-8-12-14(9-11)6-7-15/h3,8-10,13,15H,1,4-7H2,2H3. The van der Waals surface area contributed by atoms with Crippen molar-refractivity contribution in [3.05, 3.63) is 25.0 Å². The lowest BCUT2D eigenvalue weighted by Crippen LogP contribution is -2.14. The number of aromatic nitrogens is 2. The zero-order chi connectivity index (χ0) is 11.1. The van der Waals surface area contributed by atoms with Crippen LogP contribution in [0.4, 0.5) is 5.69 Å². The Balaban J connectivity index is 2.38. The molecule has 1 aromatic heterocycles. The quantitative estimate of drug-likeness (QED) is 0.671. The van der Waals surface area contributed by atoms with Crippen LogP contribution in [-0.2, 0) is 6.54 Å². The van der Waals surface area contributed by atoms with Crippen molar-refractivity contribution in [1.82, 2.24) is 9.78 Å². The SMILES string of the molecule is C=CCCC(C)Nc1cnn(CCO)c1. The van der Waals surface area contributed by atoms with E-state index in [2.05, 4.69) is 23.9 Å². The number of allylic oxidation sites excluding steroid dienone is 1. The van der Waals surface area contributed by atoms with E-state index in [4.69, 9.17) is 5.11 Å². The molecule has 84 valence electrons. The van der Waals surface area contributed by atoms with Crippen molar-refractivity contribution < 1.29 is 5.11 Å². The Morgan fingerprint density at radius 1 is 1.73 bits per heavy atom. The van der Waals surface area contributed by atoms with E-state index in [0.29, 0.717) is 12.6 Å². The summed E-state index contributed by atoms with van der Waals surface area (Å²) in [6.45, 7) is 6.49. The van der Waals surface area contributed by atoms with E-state index in [0.717, 1.165) is 18.5 Å². The molecule has 0 amide bonds. The summed E-state index contributed by atoms with van der Waals surface area (Å²) in [6.07, 6.45) is 7.68. The lowest BCUT2D eigenvalue weighted by Gasteiger charge is -2.11. The lowest BCUT2D eigenvalue weighted by atomic mass is 10.2. The Labute approximate surface area is 90.6 Å². The van der Waals surface area contributed by atoms with Crippen molar-refractivity contribution in [1.29, 1.82) is 0 Å². The maximum atomic E-state index is 8.73. The summed E-state index contributed by atoms with van der Waals surface area (Å²) < 4.78 is 1.72. The van der Waals surface area contributed by atoms with Gasteiger partial charge in [-0.25, -0.2) is 0 Å². The highest BCUT2D eigenvalue weighted by molar-refractivity contribution is 5.39. The van der Waals surface area contributed by atoms with Gasteiger partial charge in [-0.2, -0.15) is 5.10 Å². The largest absolute Gasteiger partial charge is 0.394 e. The highest BCUT2D eigenvalue weighted by Crippen LogP contribution is 2.09. The van der Waals surface area contributed by atoms with Crippen LogP contribution in [0.15, 0.2) is 25.0 Å². The molecule has 1 rings (SSSR count). The minimum Gasteiger partial charge on any atom is -0.394 e. The Bertz CT molecular complexity index is 296. The summed E-state index contributed by atoms with van der Waals surface area (Å²) >= 11 is 0. The molecule has 0 aliphatic rings. The molecule has 0 aliphatic heterocycles. The van der Waals surface area contributed by atoms with E-state index < -0.39 is 0 Å². The number of nitrogens with zero attached hydrogens (tertiary/aromatic N) is 2. The lowest BCUT2D eigenvalue weighted by molar-refractivity contribution is 0.269. The van der Waals surface area contributed by atoms with E-state index in [1.807, 2.05) is 12.3 Å². The van der Waals surface area contributed by atoms with Crippen LogP contribution in [0.25, 0.3) is 0 Å². The predicted molar refractivity (Wildman–Crippen MR) is 61.8 cm³/mol. The molecule has 15 heavy (non-hydrogen) atoms. The van der Waals surface area contributed by atoms with Crippen molar-refractivity contribution in [2.45, 2.75) is 32.4 Å². The van der Waals surface area contributed by atoms with Gasteiger partial charge in [0.2, 0.25) is 0 Å². The van der Waals surface area contributed by atoms with E-state index >= 15 is 0 Å². The maximum Gasteiger partial charge on any atom is 0.0728 e. The number of nitrogens with one attached hydrogen (secondary N) is 1. The first-order chi connectivity index (χ1) is 7.26. The second-order valence-corrected chi connectivity index (χ2v) is 3.63. The molecule has 4 nitrogen and oxygen atoms in total. The van der Waals surface area contributed by atoms with Gasteiger partial charge in [-0.15, -0.1) is 6.58 Å². The van der Waals surface area contributed by atoms with Gasteiger partial charge in [0, 0.05) is 12.2 Å². The highest BCUT2D eigenvalue weighted by Gasteiger charge is 2.02. The number of aliphatic hydroxyl groups is 1. The molecule has 0 aliphatic carbocycles. The van der Waals surface area contributed by atoms with Gasteiger partial charge in [0.1, 0.15) is 0 Å². The smallest absolute Gasteiger partial charge is 0.0728 e. The van der Waals surface area contributed by atoms with Crippen LogP contribution < -0.4 is 5.32 Å². The second-order valence-electron chi connectivity index (χ2n) is 3.63. The molecule has 2 N–H and O–H groups in total. The van der Waals surface area contributed by atoms with Crippen molar-refractivity contribution in [3.63, 3.8) is 0 Å². The molecule has 1 atom stereocenters. The molecule has 0 fully saturated rings. The number of hydrogen-bond acceptors (Lipinski definition) is 3. The molecule has 0 bridgehead atoms. The van der Waals surface area contributed by atoms with Crippen LogP contribution in [0.3, 0.4) is 0 Å². The molecule has 1 unspecified atom stereocenters. The Morgan fingerprint density at radius 3 is 3.20 bits per heavy atom. The summed E-state index contributed by atoms with van der Waals surface area (Å²) in [7, 11) is 0. The van der Waals surface area contributed by atoms with Gasteiger partial charge in [0.05, 0.1) is 25.0 Å². The first kappa shape index (κ1) is 11.8. The average molecular weight is 209 g/mol. The number of aliphatic hydroxyl groups excluding tert-OH is 1. The zero-order valence-electron chi connectivity index (χ0n) is 9.19. The molecule has 0 spiro atoms. The third-order valence-corrected chi connectivity index (χ3v) is 2.18. The van der Waals surface area contributed by atoms with E-state index in [-0.39, 0.29) is 6.61 Å². The Morgan fingerprint density at radius 2 is 2.53 bits per heavy atom. The molecule has 0 saturated carbocycles. The summed E-state index contributed by atoms with van der Waals surface area (Å²) in [5, 5.41) is 16.2. The summed E-state index contributed by atoms with van der Waals surface area (Å²) in [6, 6.07) is 0.412. The van der Waals surface area contributed by atoms with Crippen molar-refractivity contribution in [2.75, 3.05) is 11.9 Å². The van der Waals surface area contributed by atoms with Crippen LogP contribution in [0.5, 0.6) is 0 Å². The van der Waals surface area contributed by atoms with E-state index in [1.54, 1.807) is 10.9 Å². The van der Waals surface area contributed by atoms with Crippen LogP contribution in [-0.4, -0.2) is 27.5 Å². The van der Waals surface area contributed by atoms with E-state index in [1.165, 1.54) is 0 Å². The number of rotatable bonds is 7. The topological polar surface area (TPSA) is 50.1 Å². The van der Waals surface area contributed by atoms with Gasteiger partial charge in [0.25, 0.3) is 0 Å². The van der Waals surface area contributed by atoms with Gasteiger partial charge < -0.3 is 10.4 Å². The van der Waals surface area contributed by atoms with Gasteiger partial charge in [-0.1, -0.05) is 6.08 Å². The summed E-state index contributed by atoms with van der Waals surface area (Å²) in [4.78, 5) is 0. The fourth-order valence-electron chi connectivity index (χ4n) is 1.39. The first-order valence-electron chi connectivity index (χ1n) is 5.27. The minimum absolute atomic E-state index is 0.118. The highest BCUT2D eigenvalue weighted by atomic mass is 16.3. The summed E-state index contributed by atoms with van der Waals surface area (Å²) in [5.41, 5.74) is 1.00. The fourth-order valence-corrected chi connectivity index (χ4v) is 1.39. The third-order valence-electron chi connectivity index (χ3n) is 2.18. The monoisotopic (exact) mass is 209 g/mol. The first-order valence-corrected chi connectivity index (χ1v) is 5.27. The van der Waals surface area contributed by atoms with Gasteiger partial charge in [-0.05, 0) is 19.8 Å². The fraction of sp³-hybridized carbons (Fsp3) is 0.545. The van der Waals surface area contributed by atoms with Crippen molar-refractivity contribution in [2.24, 2.45) is 0 Å². The number of hydrogen-bond donors (Lipinski definition) is 2. The molecule has 1 heterocycles. The van der Waals surface area contributed by atoms with Crippen LogP contribution in [0, 0.1) is 0 Å². The van der Waals surface area contributed by atoms with Crippen LogP contribution >= 0.6 is 0 Å². The molecule has 0 saturated heterocycles. The zero-order valence-corrected chi connectivity index (χ0v) is 9.19. The van der Waals surface area contributed by atoms with Crippen molar-refractivity contribution in [3.8, 4) is 0 Å².